The second kappa shape index (κ2) is 6.40. The van der Waals surface area contributed by atoms with Gasteiger partial charge in [0.25, 0.3) is 0 Å². The van der Waals surface area contributed by atoms with E-state index in [2.05, 4.69) is 5.16 Å². The van der Waals surface area contributed by atoms with Gasteiger partial charge in [0.05, 0.1) is 27.4 Å². The van der Waals surface area contributed by atoms with E-state index in [1.807, 2.05) is 13.8 Å². The van der Waals surface area contributed by atoms with Gasteiger partial charge in [-0.15, -0.1) is 0 Å². The summed E-state index contributed by atoms with van der Waals surface area (Å²) in [6, 6.07) is 4.80. The van der Waals surface area contributed by atoms with Crippen molar-refractivity contribution in [1.29, 1.82) is 0 Å². The zero-order chi connectivity index (χ0) is 16.6. The van der Waals surface area contributed by atoms with Crippen LogP contribution in [-0.4, -0.2) is 29.7 Å². The topological polar surface area (TPSA) is 57.1 Å². The second-order valence-corrected chi connectivity index (χ2v) is 6.86. The lowest BCUT2D eigenvalue weighted by Crippen LogP contribution is -2.35. The van der Waals surface area contributed by atoms with Crippen LogP contribution in [-0.2, 0) is 14.3 Å². The number of hydrogen-bond acceptors (Lipinski definition) is 5. The van der Waals surface area contributed by atoms with E-state index in [4.69, 9.17) is 37.5 Å². The molecule has 1 aliphatic carbocycles. The number of halogens is 2. The third-order valence-corrected chi connectivity index (χ3v) is 4.48. The fraction of sp³-hybridized carbons (Fsp3) is 0.500. The van der Waals surface area contributed by atoms with Crippen LogP contribution in [0.1, 0.15) is 43.5 Å². The molecule has 1 aliphatic heterocycles. The van der Waals surface area contributed by atoms with Gasteiger partial charge in [-0.3, -0.25) is 0 Å². The molecule has 0 aromatic heterocycles. The summed E-state index contributed by atoms with van der Waals surface area (Å²) in [5.74, 6) is -1.34. The molecule has 0 radical (unpaired) electrons. The summed E-state index contributed by atoms with van der Waals surface area (Å²) in [5, 5.41) is 4.45. The molecule has 1 saturated carbocycles. The number of ether oxygens (including phenoxy) is 2. The first kappa shape index (κ1) is 16.7. The summed E-state index contributed by atoms with van der Waals surface area (Å²) in [5.41, 5.74) is 0.778. The maximum absolute atomic E-state index is 12.2. The molecule has 2 atom stereocenters. The van der Waals surface area contributed by atoms with E-state index in [0.29, 0.717) is 12.1 Å². The lowest BCUT2D eigenvalue weighted by atomic mass is 9.93. The van der Waals surface area contributed by atoms with E-state index in [1.165, 1.54) is 0 Å². The molecular formula is C16H17Cl2NO4. The fourth-order valence-corrected chi connectivity index (χ4v) is 3.44. The third kappa shape index (κ3) is 3.53. The van der Waals surface area contributed by atoms with Crippen LogP contribution >= 0.6 is 23.2 Å². The van der Waals surface area contributed by atoms with Gasteiger partial charge in [-0.1, -0.05) is 34.4 Å². The van der Waals surface area contributed by atoms with E-state index in [1.54, 1.807) is 18.2 Å². The van der Waals surface area contributed by atoms with E-state index >= 15 is 0 Å². The monoisotopic (exact) mass is 357 g/mol. The largest absolute Gasteiger partial charge is 0.368 e. The van der Waals surface area contributed by atoms with Gasteiger partial charge >= 0.3 is 5.97 Å². The van der Waals surface area contributed by atoms with E-state index < -0.39 is 11.8 Å². The highest BCUT2D eigenvalue weighted by atomic mass is 35.5. The van der Waals surface area contributed by atoms with Crippen molar-refractivity contribution in [3.05, 3.63) is 33.8 Å². The minimum Gasteiger partial charge on any atom is -0.344 e. The average molecular weight is 358 g/mol. The van der Waals surface area contributed by atoms with Crippen LogP contribution in [0.25, 0.3) is 0 Å². The number of fused-ring (bicyclic) bond motifs is 1. The summed E-state index contributed by atoms with van der Waals surface area (Å²) < 4.78 is 11.7. The Hall–Kier alpha value is -1.14. The molecule has 0 bridgehead atoms. The van der Waals surface area contributed by atoms with Crippen LogP contribution in [0.3, 0.4) is 0 Å². The molecule has 1 aromatic rings. The van der Waals surface area contributed by atoms with Crippen molar-refractivity contribution in [1.82, 2.24) is 0 Å². The number of benzene rings is 1. The van der Waals surface area contributed by atoms with Crippen molar-refractivity contribution in [2.24, 2.45) is 5.16 Å². The van der Waals surface area contributed by atoms with Gasteiger partial charge in [0.1, 0.15) is 6.10 Å². The number of hydrogen-bond donors (Lipinski definition) is 0. The van der Waals surface area contributed by atoms with Crippen molar-refractivity contribution in [3.63, 3.8) is 0 Å². The van der Waals surface area contributed by atoms with Gasteiger partial charge in [0.2, 0.25) is 0 Å². The Morgan fingerprint density at radius 2 is 2.00 bits per heavy atom. The Labute approximate surface area is 144 Å². The fourth-order valence-electron chi connectivity index (χ4n) is 2.89. The normalized spacial score (nSPS) is 27.7. The molecule has 0 amide bonds. The second-order valence-electron chi connectivity index (χ2n) is 6.04. The highest BCUT2D eigenvalue weighted by molar-refractivity contribution is 6.39. The molecule has 2 fully saturated rings. The number of carbonyl (C=O) groups excluding carboxylic acids is 1. The molecular weight excluding hydrogens is 341 g/mol. The zero-order valence-corrected chi connectivity index (χ0v) is 14.4. The predicted octanol–water partition coefficient (Wildman–Crippen LogP) is 4.21. The van der Waals surface area contributed by atoms with Gasteiger partial charge in [-0.05, 0) is 45.2 Å². The molecule has 1 saturated heterocycles. The molecule has 0 spiro atoms. The van der Waals surface area contributed by atoms with E-state index in [-0.39, 0.29) is 27.8 Å². The predicted molar refractivity (Wildman–Crippen MR) is 87.0 cm³/mol. The third-order valence-electron chi connectivity index (χ3n) is 3.85. The lowest BCUT2D eigenvalue weighted by molar-refractivity contribution is -0.141. The first-order valence-electron chi connectivity index (χ1n) is 7.45. The van der Waals surface area contributed by atoms with E-state index in [0.717, 1.165) is 12.8 Å². The molecule has 23 heavy (non-hydrogen) atoms. The average Bonchev–Trinajstić information content (AvgIpc) is 2.79. The highest BCUT2D eigenvalue weighted by Crippen LogP contribution is 2.35. The molecule has 3 rings (SSSR count). The Kier molecular flexibility index (Phi) is 4.65. The van der Waals surface area contributed by atoms with Gasteiger partial charge in [-0.2, -0.15) is 0 Å². The smallest absolute Gasteiger partial charge is 0.344 e. The standard InChI is InChI=1S/C16H17Cl2NO4/c1-16(2)21-12-8-4-7-11(14(12)22-16)19-23-15(20)13-9(17)5-3-6-10(13)18/h3,5-6,12,14H,4,7-8H2,1-2H3/b19-11+/t12-,14+/m1/s1. The van der Waals surface area contributed by atoms with Crippen molar-refractivity contribution in [2.75, 3.05) is 0 Å². The molecule has 5 nitrogen and oxygen atoms in total. The SMILES string of the molecule is CC1(C)O[C@@H]2CCC/C(=N\OC(=O)c3c(Cl)cccc3Cl)[C@@H]2O1. The summed E-state index contributed by atoms with van der Waals surface area (Å²) in [4.78, 5) is 17.2. The summed E-state index contributed by atoms with van der Waals surface area (Å²) in [7, 11) is 0. The Bertz CT molecular complexity index is 639. The van der Waals surface area contributed by atoms with Crippen molar-refractivity contribution < 1.29 is 19.1 Å². The minimum absolute atomic E-state index is 0.0555. The van der Waals surface area contributed by atoms with Crippen LogP contribution in [0.2, 0.25) is 10.0 Å². The van der Waals surface area contributed by atoms with Crippen LogP contribution in [0.15, 0.2) is 23.4 Å². The number of carbonyl (C=O) groups is 1. The van der Waals surface area contributed by atoms with Crippen LogP contribution in [0.4, 0.5) is 0 Å². The van der Waals surface area contributed by atoms with Crippen molar-refractivity contribution in [3.8, 4) is 0 Å². The first-order chi connectivity index (χ1) is 10.9. The highest BCUT2D eigenvalue weighted by Gasteiger charge is 2.45. The van der Waals surface area contributed by atoms with Gasteiger partial charge in [0.15, 0.2) is 5.79 Å². The van der Waals surface area contributed by atoms with E-state index in [9.17, 15) is 4.79 Å². The molecule has 0 N–H and O–H groups in total. The summed E-state index contributed by atoms with van der Waals surface area (Å²) >= 11 is 12.0. The maximum Gasteiger partial charge on any atom is 0.368 e. The van der Waals surface area contributed by atoms with Crippen LogP contribution in [0.5, 0.6) is 0 Å². The van der Waals surface area contributed by atoms with Gasteiger partial charge in [0, 0.05) is 0 Å². The number of nitrogens with zero attached hydrogens (tertiary/aromatic N) is 1. The van der Waals surface area contributed by atoms with Crippen molar-refractivity contribution in [2.45, 2.75) is 51.1 Å². The first-order valence-corrected chi connectivity index (χ1v) is 8.21. The molecule has 1 aromatic carbocycles. The molecule has 0 unspecified atom stereocenters. The number of rotatable bonds is 2. The Balaban J connectivity index is 1.76. The van der Waals surface area contributed by atoms with Gasteiger partial charge < -0.3 is 14.3 Å². The lowest BCUT2D eigenvalue weighted by Gasteiger charge is -2.23. The Morgan fingerprint density at radius 3 is 2.70 bits per heavy atom. The molecule has 2 aliphatic rings. The molecule has 1 heterocycles. The van der Waals surface area contributed by atoms with Crippen molar-refractivity contribution >= 4 is 34.9 Å². The number of oxime groups is 1. The summed E-state index contributed by atoms with van der Waals surface area (Å²) in [6.45, 7) is 3.72. The van der Waals surface area contributed by atoms with Crippen LogP contribution in [0, 0.1) is 0 Å². The maximum atomic E-state index is 12.2. The molecule has 7 heteroatoms. The quantitative estimate of drug-likeness (QED) is 0.587. The summed E-state index contributed by atoms with van der Waals surface area (Å²) in [6.07, 6.45) is 2.17. The Morgan fingerprint density at radius 1 is 1.30 bits per heavy atom. The minimum atomic E-state index is -0.687. The van der Waals surface area contributed by atoms with Gasteiger partial charge in [-0.25, -0.2) is 4.79 Å². The molecule has 124 valence electrons. The zero-order valence-electron chi connectivity index (χ0n) is 12.8. The van der Waals surface area contributed by atoms with Crippen LogP contribution < -0.4 is 0 Å².